The largest absolute Gasteiger partial charge is 0.379 e. The van der Waals surface area contributed by atoms with Crippen molar-refractivity contribution < 1.29 is 9.53 Å². The van der Waals surface area contributed by atoms with Crippen molar-refractivity contribution >= 4 is 17.5 Å². The maximum Gasteiger partial charge on any atom is 0.265 e. The molecule has 1 N–H and O–H groups in total. The van der Waals surface area contributed by atoms with Crippen LogP contribution < -0.4 is 5.43 Å². The van der Waals surface area contributed by atoms with Gasteiger partial charge < -0.3 is 4.74 Å². The van der Waals surface area contributed by atoms with E-state index in [2.05, 4.69) is 10.4 Å². The molecule has 2 rings (SSSR count). The minimum absolute atomic E-state index is 0.167. The van der Waals surface area contributed by atoms with Gasteiger partial charge in [-0.2, -0.15) is 0 Å². The summed E-state index contributed by atoms with van der Waals surface area (Å²) < 4.78 is 5.20. The van der Waals surface area contributed by atoms with Crippen molar-refractivity contribution in [3.63, 3.8) is 0 Å². The van der Waals surface area contributed by atoms with E-state index in [0.29, 0.717) is 37.0 Å². The highest BCUT2D eigenvalue weighted by Gasteiger charge is 2.14. The SMILES string of the molecule is Cc1cc(C(=O)NN2CCOCC2)cc(Cl)n1. The van der Waals surface area contributed by atoms with Gasteiger partial charge >= 0.3 is 0 Å². The number of hydrogen-bond acceptors (Lipinski definition) is 4. The molecule has 1 amide bonds. The molecule has 1 aromatic rings. The summed E-state index contributed by atoms with van der Waals surface area (Å²) in [6.07, 6.45) is 0. The zero-order chi connectivity index (χ0) is 12.3. The van der Waals surface area contributed by atoms with Gasteiger partial charge in [-0.15, -0.1) is 0 Å². The molecule has 1 aliphatic rings. The van der Waals surface area contributed by atoms with Crippen LogP contribution in [0.15, 0.2) is 12.1 Å². The summed E-state index contributed by atoms with van der Waals surface area (Å²) in [6.45, 7) is 4.47. The van der Waals surface area contributed by atoms with Crippen LogP contribution in [-0.4, -0.2) is 42.2 Å². The maximum absolute atomic E-state index is 11.9. The lowest BCUT2D eigenvalue weighted by atomic mass is 10.2. The number of morpholine rings is 1. The average molecular weight is 256 g/mol. The molecule has 1 aliphatic heterocycles. The van der Waals surface area contributed by atoms with Gasteiger partial charge in [-0.05, 0) is 19.1 Å². The van der Waals surface area contributed by atoms with Gasteiger partial charge in [0.2, 0.25) is 0 Å². The number of nitrogens with one attached hydrogen (secondary N) is 1. The lowest BCUT2D eigenvalue weighted by Gasteiger charge is -2.26. The average Bonchev–Trinajstić information content (AvgIpc) is 2.29. The number of ether oxygens (including phenoxy) is 1. The van der Waals surface area contributed by atoms with Crippen molar-refractivity contribution in [2.75, 3.05) is 26.3 Å². The fraction of sp³-hybridized carbons (Fsp3) is 0.455. The van der Waals surface area contributed by atoms with Gasteiger partial charge in [0.25, 0.3) is 5.91 Å². The zero-order valence-corrected chi connectivity index (χ0v) is 10.3. The highest BCUT2D eigenvalue weighted by atomic mass is 35.5. The van der Waals surface area contributed by atoms with Crippen LogP contribution >= 0.6 is 11.6 Å². The minimum Gasteiger partial charge on any atom is -0.379 e. The normalized spacial score (nSPS) is 16.8. The molecule has 2 heterocycles. The third-order valence-corrected chi connectivity index (χ3v) is 2.65. The van der Waals surface area contributed by atoms with Crippen molar-refractivity contribution in [2.45, 2.75) is 6.92 Å². The number of carbonyl (C=O) groups is 1. The van der Waals surface area contributed by atoms with E-state index in [1.54, 1.807) is 19.1 Å². The number of nitrogens with zero attached hydrogens (tertiary/aromatic N) is 2. The Morgan fingerprint density at radius 1 is 1.47 bits per heavy atom. The van der Waals surface area contributed by atoms with E-state index < -0.39 is 0 Å². The molecule has 0 aromatic carbocycles. The molecule has 5 nitrogen and oxygen atoms in total. The van der Waals surface area contributed by atoms with E-state index in [-0.39, 0.29) is 5.91 Å². The van der Waals surface area contributed by atoms with E-state index in [1.807, 2.05) is 5.01 Å². The van der Waals surface area contributed by atoms with Crippen LogP contribution in [0.3, 0.4) is 0 Å². The molecule has 0 saturated carbocycles. The smallest absolute Gasteiger partial charge is 0.265 e. The predicted octanol–water partition coefficient (Wildman–Crippen LogP) is 1.02. The number of rotatable bonds is 2. The summed E-state index contributed by atoms with van der Waals surface area (Å²) in [5.41, 5.74) is 4.07. The minimum atomic E-state index is -0.167. The molecule has 0 atom stereocenters. The summed E-state index contributed by atoms with van der Waals surface area (Å²) in [6, 6.07) is 3.27. The molecular weight excluding hydrogens is 242 g/mol. The molecule has 1 aromatic heterocycles. The second-order valence-electron chi connectivity index (χ2n) is 3.86. The molecule has 1 fully saturated rings. The second-order valence-corrected chi connectivity index (χ2v) is 4.25. The Morgan fingerprint density at radius 3 is 2.82 bits per heavy atom. The summed E-state index contributed by atoms with van der Waals surface area (Å²) in [7, 11) is 0. The lowest BCUT2D eigenvalue weighted by Crippen LogP contribution is -2.48. The molecule has 92 valence electrons. The molecule has 0 aliphatic carbocycles. The van der Waals surface area contributed by atoms with Crippen LogP contribution in [-0.2, 0) is 4.74 Å². The molecule has 0 bridgehead atoms. The number of aryl methyl sites for hydroxylation is 1. The van der Waals surface area contributed by atoms with Crippen molar-refractivity contribution in [3.8, 4) is 0 Å². The van der Waals surface area contributed by atoms with Gasteiger partial charge in [0.1, 0.15) is 5.15 Å². The van der Waals surface area contributed by atoms with Crippen LogP contribution in [0.4, 0.5) is 0 Å². The quantitative estimate of drug-likeness (QED) is 0.802. The predicted molar refractivity (Wildman–Crippen MR) is 63.8 cm³/mol. The molecular formula is C11H14ClN3O2. The van der Waals surface area contributed by atoms with E-state index in [0.717, 1.165) is 5.69 Å². The topological polar surface area (TPSA) is 54.5 Å². The Morgan fingerprint density at radius 2 is 2.18 bits per heavy atom. The Hall–Kier alpha value is -1.17. The number of amides is 1. The Kier molecular flexibility index (Phi) is 3.93. The summed E-state index contributed by atoms with van der Waals surface area (Å²) >= 11 is 5.81. The fourth-order valence-corrected chi connectivity index (χ4v) is 1.89. The number of hydrogen-bond donors (Lipinski definition) is 1. The summed E-state index contributed by atoms with van der Waals surface area (Å²) in [4.78, 5) is 16.0. The van der Waals surface area contributed by atoms with Crippen LogP contribution in [0.25, 0.3) is 0 Å². The van der Waals surface area contributed by atoms with Crippen LogP contribution in [0.5, 0.6) is 0 Å². The van der Waals surface area contributed by atoms with Crippen molar-refractivity contribution in [1.82, 2.24) is 15.4 Å². The third-order valence-electron chi connectivity index (χ3n) is 2.46. The number of aromatic nitrogens is 1. The van der Waals surface area contributed by atoms with Crippen LogP contribution in [0, 0.1) is 6.92 Å². The third kappa shape index (κ3) is 3.39. The first-order valence-electron chi connectivity index (χ1n) is 5.43. The first-order chi connectivity index (χ1) is 8.15. The van der Waals surface area contributed by atoms with Crippen molar-refractivity contribution in [2.24, 2.45) is 0 Å². The fourth-order valence-electron chi connectivity index (χ4n) is 1.64. The van der Waals surface area contributed by atoms with Crippen molar-refractivity contribution in [3.05, 3.63) is 28.5 Å². The molecule has 0 unspecified atom stereocenters. The van der Waals surface area contributed by atoms with Crippen LogP contribution in [0.1, 0.15) is 16.1 Å². The van der Waals surface area contributed by atoms with Gasteiger partial charge in [-0.3, -0.25) is 10.2 Å². The highest BCUT2D eigenvalue weighted by molar-refractivity contribution is 6.29. The molecule has 0 spiro atoms. The van der Waals surface area contributed by atoms with Crippen LogP contribution in [0.2, 0.25) is 5.15 Å². The first kappa shape index (κ1) is 12.3. The Balaban J connectivity index is 2.03. The van der Waals surface area contributed by atoms with E-state index in [1.165, 1.54) is 0 Å². The number of carbonyl (C=O) groups excluding carboxylic acids is 1. The lowest BCUT2D eigenvalue weighted by molar-refractivity contribution is 0.0126. The molecule has 1 saturated heterocycles. The van der Waals surface area contributed by atoms with Gasteiger partial charge in [-0.1, -0.05) is 11.6 Å². The van der Waals surface area contributed by atoms with E-state index >= 15 is 0 Å². The summed E-state index contributed by atoms with van der Waals surface area (Å²) in [5.74, 6) is -0.167. The standard InChI is InChI=1S/C11H14ClN3O2/c1-8-6-9(7-10(12)13-8)11(16)14-15-2-4-17-5-3-15/h6-7H,2-5H2,1H3,(H,14,16). The van der Waals surface area contributed by atoms with Gasteiger partial charge in [0.15, 0.2) is 0 Å². The van der Waals surface area contributed by atoms with Crippen molar-refractivity contribution in [1.29, 1.82) is 0 Å². The molecule has 0 radical (unpaired) electrons. The van der Waals surface area contributed by atoms with Gasteiger partial charge in [0.05, 0.1) is 13.2 Å². The number of hydrazine groups is 1. The monoisotopic (exact) mass is 255 g/mol. The zero-order valence-electron chi connectivity index (χ0n) is 9.57. The highest BCUT2D eigenvalue weighted by Crippen LogP contribution is 2.10. The maximum atomic E-state index is 11.9. The van der Waals surface area contributed by atoms with E-state index in [4.69, 9.17) is 16.3 Å². The second kappa shape index (κ2) is 5.44. The Bertz CT molecular complexity index is 399. The van der Waals surface area contributed by atoms with Gasteiger partial charge in [0, 0.05) is 24.3 Å². The molecule has 17 heavy (non-hydrogen) atoms. The van der Waals surface area contributed by atoms with E-state index in [9.17, 15) is 4.79 Å². The Labute approximate surface area is 105 Å². The van der Waals surface area contributed by atoms with Gasteiger partial charge in [-0.25, -0.2) is 9.99 Å². The summed E-state index contributed by atoms with van der Waals surface area (Å²) in [5, 5.41) is 2.17. The molecule has 6 heteroatoms. The number of halogens is 1. The first-order valence-corrected chi connectivity index (χ1v) is 5.81. The number of pyridine rings is 1.